The number of fused-ring (bicyclic) bond motifs is 1. The lowest BCUT2D eigenvalue weighted by atomic mass is 9.80. The summed E-state index contributed by atoms with van der Waals surface area (Å²) in [6, 6.07) is 0.991. The Bertz CT molecular complexity index is 316. The van der Waals surface area contributed by atoms with Crippen molar-refractivity contribution in [3.8, 4) is 0 Å². The fraction of sp³-hybridized carbons (Fsp3) is 0.800. The molecule has 0 unspecified atom stereocenters. The van der Waals surface area contributed by atoms with E-state index in [0.29, 0.717) is 18.0 Å². The summed E-state index contributed by atoms with van der Waals surface area (Å²) in [6.45, 7) is 6.05. The van der Waals surface area contributed by atoms with Crippen LogP contribution in [-0.4, -0.2) is 28.9 Å². The SMILES string of the molecule is C=CC[C@H](N)C[C@H]1C[C@@H](C)C[C@@H]2CCCC(=O)N12. The van der Waals surface area contributed by atoms with E-state index in [1.54, 1.807) is 0 Å². The van der Waals surface area contributed by atoms with Crippen LogP contribution in [0.3, 0.4) is 0 Å². The Balaban J connectivity index is 2.05. The zero-order valence-electron chi connectivity index (χ0n) is 11.5. The molecule has 2 heterocycles. The molecule has 18 heavy (non-hydrogen) atoms. The molecule has 2 aliphatic rings. The molecule has 0 saturated carbocycles. The van der Waals surface area contributed by atoms with E-state index in [1.807, 2.05) is 6.08 Å². The van der Waals surface area contributed by atoms with Gasteiger partial charge in [0.1, 0.15) is 0 Å². The first-order valence-electron chi connectivity index (χ1n) is 7.29. The second-order valence-electron chi connectivity index (χ2n) is 6.10. The minimum atomic E-state index is 0.146. The molecular weight excluding hydrogens is 224 g/mol. The Morgan fingerprint density at radius 1 is 1.56 bits per heavy atom. The van der Waals surface area contributed by atoms with E-state index in [2.05, 4.69) is 18.4 Å². The first-order chi connectivity index (χ1) is 8.61. The van der Waals surface area contributed by atoms with Crippen LogP contribution in [0.4, 0.5) is 0 Å². The number of carbonyl (C=O) groups excluding carboxylic acids is 1. The molecule has 0 aromatic carbocycles. The van der Waals surface area contributed by atoms with E-state index in [1.165, 1.54) is 12.8 Å². The average Bonchev–Trinajstić information content (AvgIpc) is 2.28. The maximum absolute atomic E-state index is 12.1. The van der Waals surface area contributed by atoms with Crippen molar-refractivity contribution in [2.45, 2.75) is 70.0 Å². The second-order valence-corrected chi connectivity index (χ2v) is 6.10. The van der Waals surface area contributed by atoms with Gasteiger partial charge in [-0.3, -0.25) is 4.79 Å². The van der Waals surface area contributed by atoms with Gasteiger partial charge in [-0.1, -0.05) is 13.0 Å². The lowest BCUT2D eigenvalue weighted by Gasteiger charge is -2.48. The van der Waals surface area contributed by atoms with Crippen molar-refractivity contribution in [1.29, 1.82) is 0 Å². The van der Waals surface area contributed by atoms with E-state index < -0.39 is 0 Å². The number of carbonyl (C=O) groups is 1. The molecule has 102 valence electrons. The maximum Gasteiger partial charge on any atom is 0.223 e. The standard InChI is InChI=1S/C15H26N2O/c1-3-5-12(16)10-14-9-11(2)8-13-6-4-7-15(18)17(13)14/h3,11-14H,1,4-10,16H2,2H3/t11-,12-,13-,14+/m0/s1. The summed E-state index contributed by atoms with van der Waals surface area (Å²) in [5.74, 6) is 1.08. The summed E-state index contributed by atoms with van der Waals surface area (Å²) in [6.07, 6.45) is 8.94. The van der Waals surface area contributed by atoms with Crippen LogP contribution in [0.15, 0.2) is 12.7 Å². The Morgan fingerprint density at radius 2 is 2.33 bits per heavy atom. The number of hydrogen-bond acceptors (Lipinski definition) is 2. The molecule has 4 atom stereocenters. The molecule has 0 spiro atoms. The number of amides is 1. The minimum Gasteiger partial charge on any atom is -0.337 e. The van der Waals surface area contributed by atoms with E-state index >= 15 is 0 Å². The highest BCUT2D eigenvalue weighted by atomic mass is 16.2. The summed E-state index contributed by atoms with van der Waals surface area (Å²) < 4.78 is 0. The van der Waals surface area contributed by atoms with Gasteiger partial charge in [0.15, 0.2) is 0 Å². The topological polar surface area (TPSA) is 46.3 Å². The first kappa shape index (κ1) is 13.6. The minimum absolute atomic E-state index is 0.146. The molecular formula is C15H26N2O. The van der Waals surface area contributed by atoms with E-state index in [4.69, 9.17) is 5.73 Å². The summed E-state index contributed by atoms with van der Waals surface area (Å²) in [5.41, 5.74) is 6.12. The van der Waals surface area contributed by atoms with Gasteiger partial charge in [-0.15, -0.1) is 6.58 Å². The first-order valence-corrected chi connectivity index (χ1v) is 7.29. The fourth-order valence-electron chi connectivity index (χ4n) is 3.70. The van der Waals surface area contributed by atoms with E-state index in [9.17, 15) is 4.79 Å². The number of piperidine rings is 2. The van der Waals surface area contributed by atoms with Gasteiger partial charge in [-0.05, 0) is 44.4 Å². The largest absolute Gasteiger partial charge is 0.337 e. The molecule has 0 radical (unpaired) electrons. The van der Waals surface area contributed by atoms with Crippen LogP contribution in [0.25, 0.3) is 0 Å². The lowest BCUT2D eigenvalue weighted by molar-refractivity contribution is -0.143. The van der Waals surface area contributed by atoms with Crippen LogP contribution in [0.1, 0.15) is 51.9 Å². The molecule has 0 bridgehead atoms. The van der Waals surface area contributed by atoms with Crippen molar-refractivity contribution in [3.63, 3.8) is 0 Å². The van der Waals surface area contributed by atoms with Gasteiger partial charge in [0.2, 0.25) is 5.91 Å². The van der Waals surface area contributed by atoms with Gasteiger partial charge in [0.05, 0.1) is 0 Å². The average molecular weight is 250 g/mol. The quantitative estimate of drug-likeness (QED) is 0.779. The molecule has 2 saturated heterocycles. The van der Waals surface area contributed by atoms with E-state index in [0.717, 1.165) is 38.0 Å². The highest BCUT2D eigenvalue weighted by Gasteiger charge is 2.39. The van der Waals surface area contributed by atoms with Crippen LogP contribution >= 0.6 is 0 Å². The van der Waals surface area contributed by atoms with Gasteiger partial charge < -0.3 is 10.6 Å². The molecule has 0 aliphatic carbocycles. The third-order valence-electron chi connectivity index (χ3n) is 4.40. The smallest absolute Gasteiger partial charge is 0.223 e. The van der Waals surface area contributed by atoms with Crippen molar-refractivity contribution in [1.82, 2.24) is 4.90 Å². The van der Waals surface area contributed by atoms with Gasteiger partial charge in [-0.2, -0.15) is 0 Å². The number of rotatable bonds is 4. The Kier molecular flexibility index (Phi) is 4.44. The normalized spacial score (nSPS) is 34.0. The molecule has 2 aliphatic heterocycles. The van der Waals surface area contributed by atoms with Crippen LogP contribution in [0.5, 0.6) is 0 Å². The Labute approximate surface area is 110 Å². The zero-order chi connectivity index (χ0) is 13.1. The molecule has 0 aromatic heterocycles. The zero-order valence-corrected chi connectivity index (χ0v) is 11.5. The van der Waals surface area contributed by atoms with Gasteiger partial charge >= 0.3 is 0 Å². The number of hydrogen-bond donors (Lipinski definition) is 1. The number of nitrogens with zero attached hydrogens (tertiary/aromatic N) is 1. The van der Waals surface area contributed by atoms with Crippen LogP contribution < -0.4 is 5.73 Å². The van der Waals surface area contributed by atoms with Crippen LogP contribution in [0.2, 0.25) is 0 Å². The summed E-state index contributed by atoms with van der Waals surface area (Å²) in [7, 11) is 0. The molecule has 0 aromatic rings. The Hall–Kier alpha value is -0.830. The third kappa shape index (κ3) is 2.94. The maximum atomic E-state index is 12.1. The van der Waals surface area contributed by atoms with Gasteiger partial charge in [0, 0.05) is 24.5 Å². The monoisotopic (exact) mass is 250 g/mol. The van der Waals surface area contributed by atoms with Crippen molar-refractivity contribution >= 4 is 5.91 Å². The van der Waals surface area contributed by atoms with Crippen LogP contribution in [-0.2, 0) is 4.79 Å². The number of nitrogens with two attached hydrogens (primary N) is 1. The highest BCUT2D eigenvalue weighted by molar-refractivity contribution is 5.77. The predicted molar refractivity (Wildman–Crippen MR) is 74.1 cm³/mol. The van der Waals surface area contributed by atoms with Crippen molar-refractivity contribution < 1.29 is 4.79 Å². The predicted octanol–water partition coefficient (Wildman–Crippen LogP) is 2.46. The highest BCUT2D eigenvalue weighted by Crippen LogP contribution is 2.35. The van der Waals surface area contributed by atoms with Crippen molar-refractivity contribution in [3.05, 3.63) is 12.7 Å². The lowest BCUT2D eigenvalue weighted by Crippen LogP contribution is -2.55. The van der Waals surface area contributed by atoms with Crippen LogP contribution in [0, 0.1) is 5.92 Å². The van der Waals surface area contributed by atoms with E-state index in [-0.39, 0.29) is 6.04 Å². The van der Waals surface area contributed by atoms with Gasteiger partial charge in [0.25, 0.3) is 0 Å². The molecule has 2 N–H and O–H groups in total. The summed E-state index contributed by atoms with van der Waals surface area (Å²) in [4.78, 5) is 14.3. The molecule has 3 heteroatoms. The molecule has 3 nitrogen and oxygen atoms in total. The van der Waals surface area contributed by atoms with Crippen molar-refractivity contribution in [2.24, 2.45) is 11.7 Å². The summed E-state index contributed by atoms with van der Waals surface area (Å²) >= 11 is 0. The Morgan fingerprint density at radius 3 is 3.06 bits per heavy atom. The molecule has 1 amide bonds. The second kappa shape index (κ2) is 5.87. The molecule has 2 fully saturated rings. The molecule has 2 rings (SSSR count). The van der Waals surface area contributed by atoms with Crippen molar-refractivity contribution in [2.75, 3.05) is 0 Å². The van der Waals surface area contributed by atoms with Gasteiger partial charge in [-0.25, -0.2) is 0 Å². The third-order valence-corrected chi connectivity index (χ3v) is 4.40. The summed E-state index contributed by atoms with van der Waals surface area (Å²) in [5, 5.41) is 0. The fourth-order valence-corrected chi connectivity index (χ4v) is 3.70.